The number of pyridine rings is 1. The summed E-state index contributed by atoms with van der Waals surface area (Å²) in [5.74, 6) is 5.80. The second-order valence-electron chi connectivity index (χ2n) is 5.23. The van der Waals surface area contributed by atoms with Gasteiger partial charge in [-0.3, -0.25) is 16.3 Å². The van der Waals surface area contributed by atoms with Gasteiger partial charge in [0.15, 0.2) is 0 Å². The SMILES string of the molecule is CN1CCOC(C(NN)c2cccc3ncccc23)C1. The third kappa shape index (κ3) is 2.53. The lowest BCUT2D eigenvalue weighted by atomic mass is 9.96. The second kappa shape index (κ2) is 5.85. The standard InChI is InChI=1S/C15H20N4O/c1-19-8-9-20-14(10-19)15(18-16)12-4-2-6-13-11(12)5-3-7-17-13/h2-7,14-15,18H,8-10,16H2,1H3. The quantitative estimate of drug-likeness (QED) is 0.646. The normalized spacial score (nSPS) is 22.0. The molecule has 1 saturated heterocycles. The molecule has 0 aliphatic carbocycles. The third-order valence-electron chi connectivity index (χ3n) is 3.86. The fourth-order valence-corrected chi connectivity index (χ4v) is 2.81. The summed E-state index contributed by atoms with van der Waals surface area (Å²) in [7, 11) is 2.10. The van der Waals surface area contributed by atoms with E-state index in [0.717, 1.165) is 36.2 Å². The first-order chi connectivity index (χ1) is 9.79. The minimum absolute atomic E-state index is 0.0364. The van der Waals surface area contributed by atoms with Gasteiger partial charge in [-0.25, -0.2) is 0 Å². The molecule has 0 radical (unpaired) electrons. The monoisotopic (exact) mass is 272 g/mol. The van der Waals surface area contributed by atoms with Crippen LogP contribution in [0.4, 0.5) is 0 Å². The molecule has 1 fully saturated rings. The molecule has 0 spiro atoms. The van der Waals surface area contributed by atoms with Crippen molar-refractivity contribution < 1.29 is 4.74 Å². The maximum atomic E-state index is 5.90. The molecule has 20 heavy (non-hydrogen) atoms. The van der Waals surface area contributed by atoms with Crippen LogP contribution in [0.2, 0.25) is 0 Å². The molecular formula is C15H20N4O. The van der Waals surface area contributed by atoms with Crippen molar-refractivity contribution in [2.75, 3.05) is 26.7 Å². The van der Waals surface area contributed by atoms with Crippen LogP contribution in [0.3, 0.4) is 0 Å². The summed E-state index contributed by atoms with van der Waals surface area (Å²) in [6.07, 6.45) is 1.85. The van der Waals surface area contributed by atoms with Gasteiger partial charge < -0.3 is 9.64 Å². The van der Waals surface area contributed by atoms with Gasteiger partial charge in [0.2, 0.25) is 0 Å². The molecule has 3 N–H and O–H groups in total. The smallest absolute Gasteiger partial charge is 0.0909 e. The van der Waals surface area contributed by atoms with Crippen LogP contribution in [0, 0.1) is 0 Å². The van der Waals surface area contributed by atoms with E-state index in [1.807, 2.05) is 24.4 Å². The number of nitrogens with one attached hydrogen (secondary N) is 1. The van der Waals surface area contributed by atoms with Crippen molar-refractivity contribution in [3.8, 4) is 0 Å². The lowest BCUT2D eigenvalue weighted by Crippen LogP contribution is -2.48. The summed E-state index contributed by atoms with van der Waals surface area (Å²) in [6.45, 7) is 2.57. The second-order valence-corrected chi connectivity index (χ2v) is 5.23. The first-order valence-electron chi connectivity index (χ1n) is 6.89. The molecule has 1 aliphatic rings. The van der Waals surface area contributed by atoms with Crippen LogP contribution in [0.15, 0.2) is 36.5 Å². The topological polar surface area (TPSA) is 63.4 Å². The lowest BCUT2D eigenvalue weighted by molar-refractivity contribution is -0.0390. The Bertz CT molecular complexity index is 584. The number of likely N-dealkylation sites (N-methyl/N-ethyl adjacent to an activating group) is 1. The number of nitrogens with two attached hydrogens (primary N) is 1. The number of hydrogen-bond acceptors (Lipinski definition) is 5. The highest BCUT2D eigenvalue weighted by Crippen LogP contribution is 2.27. The van der Waals surface area contributed by atoms with Crippen LogP contribution in [0.1, 0.15) is 11.6 Å². The molecule has 1 aromatic carbocycles. The zero-order valence-corrected chi connectivity index (χ0v) is 11.6. The lowest BCUT2D eigenvalue weighted by Gasteiger charge is -2.35. The fourth-order valence-electron chi connectivity index (χ4n) is 2.81. The number of fused-ring (bicyclic) bond motifs is 1. The van der Waals surface area contributed by atoms with Crippen molar-refractivity contribution >= 4 is 10.9 Å². The molecule has 1 aliphatic heterocycles. The maximum absolute atomic E-state index is 5.90. The molecule has 1 aromatic heterocycles. The predicted molar refractivity (Wildman–Crippen MR) is 79.0 cm³/mol. The van der Waals surface area contributed by atoms with Crippen LogP contribution in [-0.2, 0) is 4.74 Å². The highest BCUT2D eigenvalue weighted by molar-refractivity contribution is 5.82. The van der Waals surface area contributed by atoms with Gasteiger partial charge >= 0.3 is 0 Å². The van der Waals surface area contributed by atoms with Crippen molar-refractivity contribution in [2.24, 2.45) is 5.84 Å². The van der Waals surface area contributed by atoms with Crippen molar-refractivity contribution in [3.63, 3.8) is 0 Å². The van der Waals surface area contributed by atoms with E-state index in [9.17, 15) is 0 Å². The van der Waals surface area contributed by atoms with E-state index < -0.39 is 0 Å². The van der Waals surface area contributed by atoms with E-state index >= 15 is 0 Å². The van der Waals surface area contributed by atoms with Crippen molar-refractivity contribution in [1.82, 2.24) is 15.3 Å². The molecule has 0 bridgehead atoms. The van der Waals surface area contributed by atoms with Gasteiger partial charge in [-0.05, 0) is 24.7 Å². The number of rotatable bonds is 3. The average Bonchev–Trinajstić information content (AvgIpc) is 2.48. The molecule has 0 saturated carbocycles. The summed E-state index contributed by atoms with van der Waals surface area (Å²) in [6, 6.07) is 10.1. The summed E-state index contributed by atoms with van der Waals surface area (Å²) >= 11 is 0. The summed E-state index contributed by atoms with van der Waals surface area (Å²) in [5, 5.41) is 1.12. The Labute approximate surface area is 118 Å². The van der Waals surface area contributed by atoms with Gasteiger partial charge in [0.25, 0.3) is 0 Å². The van der Waals surface area contributed by atoms with Crippen LogP contribution in [0.25, 0.3) is 10.9 Å². The van der Waals surface area contributed by atoms with Gasteiger partial charge in [-0.1, -0.05) is 18.2 Å². The first kappa shape index (κ1) is 13.5. The Balaban J connectivity index is 1.98. The van der Waals surface area contributed by atoms with Gasteiger partial charge in [-0.15, -0.1) is 0 Å². The van der Waals surface area contributed by atoms with E-state index in [0.29, 0.717) is 0 Å². The first-order valence-corrected chi connectivity index (χ1v) is 6.89. The van der Waals surface area contributed by atoms with Crippen molar-refractivity contribution in [2.45, 2.75) is 12.1 Å². The number of hydrogen-bond donors (Lipinski definition) is 2. The van der Waals surface area contributed by atoms with Crippen molar-refractivity contribution in [3.05, 3.63) is 42.1 Å². The predicted octanol–water partition coefficient (Wildman–Crippen LogP) is 1.07. The number of nitrogens with zero attached hydrogens (tertiary/aromatic N) is 2. The molecular weight excluding hydrogens is 252 g/mol. The van der Waals surface area contributed by atoms with Crippen LogP contribution >= 0.6 is 0 Å². The number of aromatic nitrogens is 1. The van der Waals surface area contributed by atoms with Gasteiger partial charge in [-0.2, -0.15) is 0 Å². The molecule has 2 aromatic rings. The molecule has 106 valence electrons. The molecule has 2 atom stereocenters. The maximum Gasteiger partial charge on any atom is 0.0909 e. The Morgan fingerprint density at radius 1 is 1.40 bits per heavy atom. The highest BCUT2D eigenvalue weighted by atomic mass is 16.5. The summed E-state index contributed by atoms with van der Waals surface area (Å²) in [4.78, 5) is 6.66. The molecule has 3 rings (SSSR count). The van der Waals surface area contributed by atoms with E-state index in [-0.39, 0.29) is 12.1 Å². The Kier molecular flexibility index (Phi) is 3.93. The fraction of sp³-hybridized carbons (Fsp3) is 0.400. The average molecular weight is 272 g/mol. The van der Waals surface area contributed by atoms with E-state index in [1.165, 1.54) is 0 Å². The molecule has 5 nitrogen and oxygen atoms in total. The number of ether oxygens (including phenoxy) is 1. The van der Waals surface area contributed by atoms with Crippen LogP contribution in [0.5, 0.6) is 0 Å². The largest absolute Gasteiger partial charge is 0.374 e. The minimum atomic E-state index is -0.0364. The molecule has 2 heterocycles. The minimum Gasteiger partial charge on any atom is -0.374 e. The number of benzene rings is 1. The number of morpholine rings is 1. The highest BCUT2D eigenvalue weighted by Gasteiger charge is 2.28. The van der Waals surface area contributed by atoms with E-state index in [2.05, 4.69) is 34.5 Å². The molecule has 2 unspecified atom stereocenters. The zero-order chi connectivity index (χ0) is 13.9. The van der Waals surface area contributed by atoms with Crippen LogP contribution in [-0.4, -0.2) is 42.7 Å². The summed E-state index contributed by atoms with van der Waals surface area (Å²) < 4.78 is 5.90. The molecule has 0 amide bonds. The molecule has 5 heteroatoms. The summed E-state index contributed by atoms with van der Waals surface area (Å²) in [5.41, 5.74) is 5.04. The zero-order valence-electron chi connectivity index (χ0n) is 11.6. The van der Waals surface area contributed by atoms with E-state index in [1.54, 1.807) is 0 Å². The Hall–Kier alpha value is -1.53. The van der Waals surface area contributed by atoms with Crippen molar-refractivity contribution in [1.29, 1.82) is 0 Å². The van der Waals surface area contributed by atoms with Crippen LogP contribution < -0.4 is 11.3 Å². The Morgan fingerprint density at radius 2 is 2.30 bits per heavy atom. The van der Waals surface area contributed by atoms with Gasteiger partial charge in [0, 0.05) is 24.7 Å². The Morgan fingerprint density at radius 3 is 3.10 bits per heavy atom. The van der Waals surface area contributed by atoms with E-state index in [4.69, 9.17) is 10.6 Å². The third-order valence-corrected chi connectivity index (χ3v) is 3.86. The number of hydrazine groups is 1. The van der Waals surface area contributed by atoms with Gasteiger partial charge in [0.05, 0.1) is 24.3 Å². The van der Waals surface area contributed by atoms with Gasteiger partial charge in [0.1, 0.15) is 0 Å².